The molecular weight excluding hydrogens is 414 g/mol. The summed E-state index contributed by atoms with van der Waals surface area (Å²) >= 11 is 0. The molecule has 8 heteroatoms. The molecule has 0 saturated carbocycles. The van der Waals surface area contributed by atoms with Crippen molar-refractivity contribution < 1.29 is 17.9 Å². The Balaban J connectivity index is 1.74. The molecule has 0 fully saturated rings. The number of sulfone groups is 1. The molecule has 31 heavy (non-hydrogen) atoms. The zero-order valence-electron chi connectivity index (χ0n) is 18.6. The largest absolute Gasteiger partial charge is 0.493 e. The summed E-state index contributed by atoms with van der Waals surface area (Å²) < 4.78 is 36.5. The number of nitrogens with zero attached hydrogens (tertiary/aromatic N) is 2. The highest BCUT2D eigenvalue weighted by Crippen LogP contribution is 2.33. The average Bonchev–Trinajstić information content (AvgIpc) is 2.80. The molecule has 168 valence electrons. The summed E-state index contributed by atoms with van der Waals surface area (Å²) in [6, 6.07) is 12.4. The highest BCUT2D eigenvalue weighted by Gasteiger charge is 2.25. The molecule has 0 amide bonds. The molecule has 0 aliphatic carbocycles. The summed E-state index contributed by atoms with van der Waals surface area (Å²) in [6.07, 6.45) is 1.51. The summed E-state index contributed by atoms with van der Waals surface area (Å²) in [5.74, 6) is 2.15. The minimum Gasteiger partial charge on any atom is -0.493 e. The number of benzene rings is 2. The van der Waals surface area contributed by atoms with E-state index in [-0.39, 0.29) is 11.8 Å². The summed E-state index contributed by atoms with van der Waals surface area (Å²) in [4.78, 5) is 6.92. The van der Waals surface area contributed by atoms with Gasteiger partial charge in [-0.05, 0) is 48.2 Å². The van der Waals surface area contributed by atoms with Gasteiger partial charge in [0.2, 0.25) is 0 Å². The quantitative estimate of drug-likeness (QED) is 0.521. The maximum absolute atomic E-state index is 12.8. The molecule has 7 nitrogen and oxygen atoms in total. The van der Waals surface area contributed by atoms with Gasteiger partial charge in [0, 0.05) is 26.2 Å². The molecule has 0 aromatic heterocycles. The molecule has 0 spiro atoms. The number of ether oxygens (including phenoxy) is 2. The maximum Gasteiger partial charge on any atom is 0.194 e. The van der Waals surface area contributed by atoms with Crippen LogP contribution < -0.4 is 14.8 Å². The van der Waals surface area contributed by atoms with Gasteiger partial charge in [-0.3, -0.25) is 4.99 Å². The van der Waals surface area contributed by atoms with Crippen molar-refractivity contribution in [2.45, 2.75) is 37.2 Å². The van der Waals surface area contributed by atoms with Crippen LogP contribution in [0.2, 0.25) is 0 Å². The number of aliphatic imine (C=N–C) groups is 1. The minimum atomic E-state index is -3.39. The van der Waals surface area contributed by atoms with Gasteiger partial charge >= 0.3 is 0 Å². The lowest BCUT2D eigenvalue weighted by molar-refractivity contribution is 0.344. The number of rotatable bonds is 7. The average molecular weight is 446 g/mol. The van der Waals surface area contributed by atoms with E-state index in [9.17, 15) is 8.42 Å². The zero-order chi connectivity index (χ0) is 22.4. The topological polar surface area (TPSA) is 80.2 Å². The molecule has 0 saturated heterocycles. The zero-order valence-corrected chi connectivity index (χ0v) is 19.4. The molecular formula is C23H31N3O4S. The van der Waals surface area contributed by atoms with Crippen molar-refractivity contribution in [1.82, 2.24) is 10.2 Å². The fraction of sp³-hybridized carbons (Fsp3) is 0.435. The number of methoxy groups -OCH3 is 2. The molecule has 1 heterocycles. The second kappa shape index (κ2) is 10.0. The van der Waals surface area contributed by atoms with Gasteiger partial charge in [0.05, 0.1) is 24.9 Å². The van der Waals surface area contributed by atoms with Gasteiger partial charge in [-0.25, -0.2) is 8.42 Å². The van der Waals surface area contributed by atoms with Crippen molar-refractivity contribution in [1.29, 1.82) is 0 Å². The molecule has 1 unspecified atom stereocenters. The first-order chi connectivity index (χ1) is 14.9. The standard InChI is InChI=1S/C23H31N3O4S/c1-5-19(16-31(27,28)20-9-7-6-8-10-20)25-23(24-2)26-12-11-17-13-21(29-3)22(30-4)14-18(17)15-26/h6-10,13-14,19H,5,11-12,15-16H2,1-4H3,(H,24,25). The molecule has 0 radical (unpaired) electrons. The van der Waals surface area contributed by atoms with Crippen molar-refractivity contribution in [2.75, 3.05) is 33.6 Å². The number of hydrogen-bond donors (Lipinski definition) is 1. The minimum absolute atomic E-state index is 0.0159. The normalized spacial score (nSPS) is 15.2. The number of guanidine groups is 1. The van der Waals surface area contributed by atoms with Crippen LogP contribution in [-0.2, 0) is 22.8 Å². The molecule has 1 aliphatic rings. The second-order valence-corrected chi connectivity index (χ2v) is 9.57. The number of nitrogens with one attached hydrogen (secondary N) is 1. The van der Waals surface area contributed by atoms with E-state index < -0.39 is 9.84 Å². The predicted octanol–water partition coefficient (Wildman–Crippen LogP) is 2.89. The molecule has 3 rings (SSSR count). The van der Waals surface area contributed by atoms with Crippen LogP contribution in [0.4, 0.5) is 0 Å². The molecule has 1 aliphatic heterocycles. The van der Waals surface area contributed by atoms with E-state index in [0.717, 1.165) is 24.3 Å². The molecule has 0 bridgehead atoms. The highest BCUT2D eigenvalue weighted by molar-refractivity contribution is 7.91. The van der Waals surface area contributed by atoms with Crippen LogP contribution in [0.3, 0.4) is 0 Å². The lowest BCUT2D eigenvalue weighted by Gasteiger charge is -2.33. The van der Waals surface area contributed by atoms with E-state index in [4.69, 9.17) is 9.47 Å². The summed E-state index contributed by atoms with van der Waals surface area (Å²) in [6.45, 7) is 3.43. The Labute approximate surface area is 185 Å². The van der Waals surface area contributed by atoms with Crippen LogP contribution in [0.25, 0.3) is 0 Å². The van der Waals surface area contributed by atoms with Crippen LogP contribution in [0.15, 0.2) is 52.4 Å². The molecule has 1 N–H and O–H groups in total. The van der Waals surface area contributed by atoms with Gasteiger partial charge < -0.3 is 19.7 Å². The van der Waals surface area contributed by atoms with Crippen LogP contribution >= 0.6 is 0 Å². The molecule has 1 atom stereocenters. The lowest BCUT2D eigenvalue weighted by atomic mass is 9.99. The van der Waals surface area contributed by atoms with E-state index in [2.05, 4.69) is 15.2 Å². The maximum atomic E-state index is 12.8. The van der Waals surface area contributed by atoms with Crippen molar-refractivity contribution in [2.24, 2.45) is 4.99 Å². The van der Waals surface area contributed by atoms with Gasteiger partial charge in [0.15, 0.2) is 27.3 Å². The Morgan fingerprint density at radius 3 is 2.35 bits per heavy atom. The SMILES string of the molecule is CCC(CS(=O)(=O)c1ccccc1)NC(=NC)N1CCc2cc(OC)c(OC)cc2C1. The summed E-state index contributed by atoms with van der Waals surface area (Å²) in [5.41, 5.74) is 2.37. The molecule has 2 aromatic carbocycles. The third-order valence-corrected chi connectivity index (χ3v) is 7.41. The number of hydrogen-bond acceptors (Lipinski definition) is 5. The smallest absolute Gasteiger partial charge is 0.194 e. The van der Waals surface area contributed by atoms with Crippen LogP contribution in [-0.4, -0.2) is 58.9 Å². The van der Waals surface area contributed by atoms with E-state index in [1.807, 2.05) is 25.1 Å². The number of fused-ring (bicyclic) bond motifs is 1. The van der Waals surface area contributed by atoms with Crippen molar-refractivity contribution in [3.8, 4) is 11.5 Å². The van der Waals surface area contributed by atoms with Gasteiger partial charge in [0.25, 0.3) is 0 Å². The first kappa shape index (κ1) is 22.9. The molecule has 2 aromatic rings. The van der Waals surface area contributed by atoms with Crippen LogP contribution in [0.1, 0.15) is 24.5 Å². The van der Waals surface area contributed by atoms with Crippen LogP contribution in [0.5, 0.6) is 11.5 Å². The Morgan fingerprint density at radius 2 is 1.77 bits per heavy atom. The van der Waals surface area contributed by atoms with E-state index >= 15 is 0 Å². The highest BCUT2D eigenvalue weighted by atomic mass is 32.2. The fourth-order valence-corrected chi connectivity index (χ4v) is 5.41. The predicted molar refractivity (Wildman–Crippen MR) is 123 cm³/mol. The van der Waals surface area contributed by atoms with Gasteiger partial charge in [-0.1, -0.05) is 25.1 Å². The Morgan fingerprint density at radius 1 is 1.13 bits per heavy atom. The Bertz CT molecular complexity index is 1020. The Kier molecular flexibility index (Phi) is 7.43. The first-order valence-electron chi connectivity index (χ1n) is 10.4. The third-order valence-electron chi connectivity index (χ3n) is 5.58. The van der Waals surface area contributed by atoms with Gasteiger partial charge in [-0.15, -0.1) is 0 Å². The van der Waals surface area contributed by atoms with Gasteiger partial charge in [0.1, 0.15) is 0 Å². The second-order valence-electron chi connectivity index (χ2n) is 7.54. The first-order valence-corrected chi connectivity index (χ1v) is 12.1. The monoisotopic (exact) mass is 445 g/mol. The van der Waals surface area contributed by atoms with Crippen LogP contribution in [0, 0.1) is 0 Å². The van der Waals surface area contributed by atoms with Crippen molar-refractivity contribution in [3.05, 3.63) is 53.6 Å². The third kappa shape index (κ3) is 5.31. The van der Waals surface area contributed by atoms with Crippen molar-refractivity contribution in [3.63, 3.8) is 0 Å². The van der Waals surface area contributed by atoms with Crippen molar-refractivity contribution >= 4 is 15.8 Å². The fourth-order valence-electron chi connectivity index (χ4n) is 3.79. The summed E-state index contributed by atoms with van der Waals surface area (Å²) in [5, 5.41) is 3.37. The van der Waals surface area contributed by atoms with E-state index in [1.54, 1.807) is 45.5 Å². The Hall–Kier alpha value is -2.74. The van der Waals surface area contributed by atoms with Gasteiger partial charge in [-0.2, -0.15) is 0 Å². The van der Waals surface area contributed by atoms with E-state index in [0.29, 0.717) is 29.6 Å². The summed E-state index contributed by atoms with van der Waals surface area (Å²) in [7, 11) is 1.61. The lowest BCUT2D eigenvalue weighted by Crippen LogP contribution is -2.49. The van der Waals surface area contributed by atoms with E-state index in [1.165, 1.54) is 5.56 Å².